The maximum absolute atomic E-state index is 13.5. The molecule has 1 aliphatic rings. The first-order valence-electron chi connectivity index (χ1n) is 10.4. The van der Waals surface area contributed by atoms with Crippen LogP contribution in [0.5, 0.6) is 5.75 Å². The van der Waals surface area contributed by atoms with Gasteiger partial charge in [0.2, 0.25) is 0 Å². The fraction of sp³-hybridized carbons (Fsp3) is 0.478. The van der Waals surface area contributed by atoms with E-state index in [2.05, 4.69) is 5.32 Å². The number of rotatable bonds is 8. The number of benzene rings is 2. The van der Waals surface area contributed by atoms with Gasteiger partial charge in [0.05, 0.1) is 29.8 Å². The van der Waals surface area contributed by atoms with Crippen molar-refractivity contribution in [2.45, 2.75) is 38.6 Å². The monoisotopic (exact) mass is 432 g/mol. The van der Waals surface area contributed by atoms with Gasteiger partial charge in [-0.05, 0) is 55.7 Å². The van der Waals surface area contributed by atoms with Crippen LogP contribution in [0, 0.1) is 19.8 Å². The summed E-state index contributed by atoms with van der Waals surface area (Å²) >= 11 is 0. The van der Waals surface area contributed by atoms with Crippen molar-refractivity contribution < 1.29 is 17.9 Å². The fourth-order valence-corrected chi connectivity index (χ4v) is 5.19. The topological polar surface area (TPSA) is 67.9 Å². The van der Waals surface area contributed by atoms with E-state index in [0.717, 1.165) is 30.0 Å². The molecule has 6 nitrogen and oxygen atoms in total. The van der Waals surface area contributed by atoms with E-state index in [9.17, 15) is 8.42 Å². The first kappa shape index (κ1) is 22.6. The van der Waals surface area contributed by atoms with Crippen LogP contribution in [-0.2, 0) is 14.8 Å². The van der Waals surface area contributed by atoms with Crippen molar-refractivity contribution in [1.82, 2.24) is 5.32 Å². The molecule has 164 valence electrons. The Labute approximate surface area is 180 Å². The Hall–Kier alpha value is -2.09. The van der Waals surface area contributed by atoms with Gasteiger partial charge in [-0.2, -0.15) is 0 Å². The van der Waals surface area contributed by atoms with Crippen LogP contribution in [0.2, 0.25) is 0 Å². The van der Waals surface area contributed by atoms with Crippen LogP contribution < -0.4 is 14.4 Å². The molecule has 2 aromatic carbocycles. The Morgan fingerprint density at radius 3 is 2.50 bits per heavy atom. The molecular formula is C23H32N2O4S. The molecule has 1 unspecified atom stereocenters. The summed E-state index contributed by atoms with van der Waals surface area (Å²) in [6, 6.07) is 12.7. The number of anilines is 1. The van der Waals surface area contributed by atoms with Gasteiger partial charge >= 0.3 is 0 Å². The van der Waals surface area contributed by atoms with E-state index in [1.165, 1.54) is 4.31 Å². The number of nitrogens with zero attached hydrogens (tertiary/aromatic N) is 1. The van der Waals surface area contributed by atoms with Gasteiger partial charge in [-0.15, -0.1) is 0 Å². The van der Waals surface area contributed by atoms with Gasteiger partial charge in [-0.25, -0.2) is 8.42 Å². The lowest BCUT2D eigenvalue weighted by Gasteiger charge is -2.28. The highest BCUT2D eigenvalue weighted by molar-refractivity contribution is 7.92. The van der Waals surface area contributed by atoms with E-state index in [1.54, 1.807) is 24.3 Å². The smallest absolute Gasteiger partial charge is 0.264 e. The summed E-state index contributed by atoms with van der Waals surface area (Å²) in [6.45, 7) is 11.0. The number of nitrogens with one attached hydrogen (secondary N) is 1. The van der Waals surface area contributed by atoms with Crippen LogP contribution >= 0.6 is 0 Å². The molecule has 0 bridgehead atoms. The van der Waals surface area contributed by atoms with Crippen LogP contribution in [0.15, 0.2) is 47.4 Å². The van der Waals surface area contributed by atoms with E-state index in [1.807, 2.05) is 45.9 Å². The van der Waals surface area contributed by atoms with Gasteiger partial charge in [-0.3, -0.25) is 4.31 Å². The van der Waals surface area contributed by atoms with E-state index in [4.69, 9.17) is 9.47 Å². The lowest BCUT2D eigenvalue weighted by atomic mass is 10.1. The molecule has 0 aliphatic carbocycles. The van der Waals surface area contributed by atoms with Crippen LogP contribution in [0.4, 0.5) is 5.69 Å². The first-order valence-corrected chi connectivity index (χ1v) is 11.9. The van der Waals surface area contributed by atoms with Crippen molar-refractivity contribution in [3.8, 4) is 5.75 Å². The molecule has 0 aromatic heterocycles. The van der Waals surface area contributed by atoms with Gasteiger partial charge in [0, 0.05) is 13.1 Å². The Balaban J connectivity index is 1.80. The molecule has 0 spiro atoms. The highest BCUT2D eigenvalue weighted by Gasteiger charge is 2.27. The maximum atomic E-state index is 13.5. The van der Waals surface area contributed by atoms with Gasteiger partial charge in [-0.1, -0.05) is 31.5 Å². The minimum atomic E-state index is -3.69. The molecule has 1 heterocycles. The van der Waals surface area contributed by atoms with Gasteiger partial charge in [0.25, 0.3) is 10.0 Å². The summed E-state index contributed by atoms with van der Waals surface area (Å²) in [5, 5.41) is 3.33. The van der Waals surface area contributed by atoms with E-state index in [-0.39, 0.29) is 16.9 Å². The normalized spacial score (nSPS) is 17.2. The van der Waals surface area contributed by atoms with Gasteiger partial charge in [0.15, 0.2) is 0 Å². The third kappa shape index (κ3) is 5.53. The second-order valence-electron chi connectivity index (χ2n) is 8.23. The summed E-state index contributed by atoms with van der Waals surface area (Å²) in [4.78, 5) is 0.259. The molecule has 7 heteroatoms. The highest BCUT2D eigenvalue weighted by atomic mass is 32.2. The number of ether oxygens (including phenoxy) is 2. The number of aryl methyl sites for hydroxylation is 2. The third-order valence-electron chi connectivity index (χ3n) is 5.01. The first-order chi connectivity index (χ1) is 14.3. The Kier molecular flexibility index (Phi) is 7.39. The summed E-state index contributed by atoms with van der Waals surface area (Å²) in [7, 11) is -3.69. The van der Waals surface area contributed by atoms with Crippen molar-refractivity contribution in [3.05, 3.63) is 53.6 Å². The zero-order valence-electron chi connectivity index (χ0n) is 18.2. The minimum absolute atomic E-state index is 0.146. The van der Waals surface area contributed by atoms with E-state index in [0.29, 0.717) is 25.5 Å². The van der Waals surface area contributed by atoms with Crippen LogP contribution in [0.1, 0.15) is 25.0 Å². The zero-order chi connectivity index (χ0) is 21.7. The van der Waals surface area contributed by atoms with Crippen molar-refractivity contribution in [3.63, 3.8) is 0 Å². The summed E-state index contributed by atoms with van der Waals surface area (Å²) in [5.41, 5.74) is 2.77. The molecule has 1 fully saturated rings. The van der Waals surface area contributed by atoms with Crippen LogP contribution in [0.25, 0.3) is 0 Å². The number of hydrogen-bond acceptors (Lipinski definition) is 5. The molecule has 1 aliphatic heterocycles. The lowest BCUT2D eigenvalue weighted by molar-refractivity contribution is 0.0592. The summed E-state index contributed by atoms with van der Waals surface area (Å²) in [6.07, 6.45) is 0. The van der Waals surface area contributed by atoms with E-state index < -0.39 is 10.0 Å². The average molecular weight is 433 g/mol. The fourth-order valence-electron chi connectivity index (χ4n) is 3.50. The minimum Gasteiger partial charge on any atom is -0.492 e. The Bertz CT molecular complexity index is 936. The Morgan fingerprint density at radius 1 is 1.17 bits per heavy atom. The molecule has 0 amide bonds. The van der Waals surface area contributed by atoms with E-state index >= 15 is 0 Å². The molecule has 30 heavy (non-hydrogen) atoms. The molecule has 0 radical (unpaired) electrons. The third-order valence-corrected chi connectivity index (χ3v) is 6.81. The second kappa shape index (κ2) is 9.81. The van der Waals surface area contributed by atoms with Crippen molar-refractivity contribution in [2.75, 3.05) is 37.2 Å². The standard InChI is InChI=1S/C23H32N2O4S/c1-17(2)14-25(23-10-5-18(3)13-19(23)4)30(26,27)22-8-6-21(7-9-22)29-16-20-15-28-12-11-24-20/h5-10,13,17,20,24H,11-12,14-16H2,1-4H3. The lowest BCUT2D eigenvalue weighted by Crippen LogP contribution is -2.44. The number of hydrogen-bond donors (Lipinski definition) is 1. The molecule has 2 aromatic rings. The predicted molar refractivity (Wildman–Crippen MR) is 120 cm³/mol. The predicted octanol–water partition coefficient (Wildman–Crippen LogP) is 3.52. The van der Waals surface area contributed by atoms with Gasteiger partial charge in [0.1, 0.15) is 12.4 Å². The molecule has 1 N–H and O–H groups in total. The molecule has 3 rings (SSSR count). The van der Waals surface area contributed by atoms with Crippen molar-refractivity contribution in [2.24, 2.45) is 5.92 Å². The summed E-state index contributed by atoms with van der Waals surface area (Å²) in [5.74, 6) is 0.830. The maximum Gasteiger partial charge on any atom is 0.264 e. The van der Waals surface area contributed by atoms with Gasteiger partial charge < -0.3 is 14.8 Å². The van der Waals surface area contributed by atoms with Crippen molar-refractivity contribution in [1.29, 1.82) is 0 Å². The van der Waals surface area contributed by atoms with Crippen LogP contribution in [-0.4, -0.2) is 47.4 Å². The number of sulfonamides is 1. The highest BCUT2D eigenvalue weighted by Crippen LogP contribution is 2.29. The SMILES string of the molecule is Cc1ccc(N(CC(C)C)S(=O)(=O)c2ccc(OCC3COCCN3)cc2)c(C)c1. The molecule has 1 saturated heterocycles. The molecule has 0 saturated carbocycles. The molecule has 1 atom stereocenters. The van der Waals surface area contributed by atoms with Crippen molar-refractivity contribution >= 4 is 15.7 Å². The summed E-state index contributed by atoms with van der Waals surface area (Å²) < 4.78 is 39.7. The average Bonchev–Trinajstić information content (AvgIpc) is 2.72. The Morgan fingerprint density at radius 2 is 1.90 bits per heavy atom. The quantitative estimate of drug-likeness (QED) is 0.691. The van der Waals surface area contributed by atoms with Crippen LogP contribution in [0.3, 0.4) is 0 Å². The number of morpholine rings is 1. The zero-order valence-corrected chi connectivity index (χ0v) is 19.0. The molecular weight excluding hydrogens is 400 g/mol. The largest absolute Gasteiger partial charge is 0.492 e. The second-order valence-corrected chi connectivity index (χ2v) is 10.1.